The molecule has 10 heteroatoms. The van der Waals surface area contributed by atoms with Crippen molar-refractivity contribution in [1.29, 1.82) is 0 Å². The van der Waals surface area contributed by atoms with Crippen molar-refractivity contribution in [2.75, 3.05) is 18.5 Å². The van der Waals surface area contributed by atoms with Crippen LogP contribution in [0.1, 0.15) is 12.8 Å². The maximum absolute atomic E-state index is 12.9. The number of nitrogens with one attached hydrogen (secondary N) is 1. The lowest BCUT2D eigenvalue weighted by molar-refractivity contribution is -0.150. The minimum absolute atomic E-state index is 0.0399. The number of halogens is 2. The van der Waals surface area contributed by atoms with Crippen molar-refractivity contribution < 1.29 is 22.7 Å². The summed E-state index contributed by atoms with van der Waals surface area (Å²) in [5, 5.41) is 3.29. The lowest BCUT2D eigenvalue weighted by Gasteiger charge is -2.22. The zero-order valence-corrected chi connectivity index (χ0v) is 17.5. The number of hydrogen-bond donors (Lipinski definition) is 1. The van der Waals surface area contributed by atoms with Crippen molar-refractivity contribution in [3.8, 4) is 0 Å². The minimum atomic E-state index is -3.89. The van der Waals surface area contributed by atoms with E-state index in [1.165, 1.54) is 24.3 Å². The molecule has 0 aliphatic carbocycles. The van der Waals surface area contributed by atoms with Crippen LogP contribution in [0.3, 0.4) is 0 Å². The van der Waals surface area contributed by atoms with Crippen molar-refractivity contribution in [3.05, 3.63) is 58.6 Å². The van der Waals surface area contributed by atoms with E-state index in [4.69, 9.17) is 27.9 Å². The van der Waals surface area contributed by atoms with Crippen LogP contribution in [0.5, 0.6) is 0 Å². The second kappa shape index (κ2) is 9.13. The Labute approximate surface area is 178 Å². The number of carbonyl (C=O) groups excluding carboxylic acids is 2. The molecule has 0 unspecified atom stereocenters. The van der Waals surface area contributed by atoms with Crippen LogP contribution in [0.2, 0.25) is 10.0 Å². The smallest absolute Gasteiger partial charge is 0.324 e. The van der Waals surface area contributed by atoms with Gasteiger partial charge in [-0.05, 0) is 49.2 Å². The highest BCUT2D eigenvalue weighted by atomic mass is 35.5. The normalized spacial score (nSPS) is 17.1. The van der Waals surface area contributed by atoms with Crippen LogP contribution in [0, 0.1) is 0 Å². The maximum Gasteiger partial charge on any atom is 0.324 e. The molecular weight excluding hydrogens is 439 g/mol. The molecule has 1 amide bonds. The van der Waals surface area contributed by atoms with Gasteiger partial charge in [0.25, 0.3) is 5.91 Å². The van der Waals surface area contributed by atoms with Crippen LogP contribution in [0.15, 0.2) is 53.4 Å². The molecule has 1 aliphatic heterocycles. The third-order valence-corrected chi connectivity index (χ3v) is 6.89. The molecule has 154 valence electrons. The van der Waals surface area contributed by atoms with Gasteiger partial charge >= 0.3 is 5.97 Å². The molecule has 1 N–H and O–H groups in total. The molecule has 29 heavy (non-hydrogen) atoms. The van der Waals surface area contributed by atoms with Gasteiger partial charge in [0.05, 0.1) is 15.6 Å². The zero-order valence-electron chi connectivity index (χ0n) is 15.2. The predicted octanol–water partition coefficient (Wildman–Crippen LogP) is 3.33. The van der Waals surface area contributed by atoms with Crippen LogP contribution < -0.4 is 5.32 Å². The number of hydrogen-bond acceptors (Lipinski definition) is 5. The molecule has 0 saturated carbocycles. The number of benzene rings is 2. The summed E-state index contributed by atoms with van der Waals surface area (Å²) in [5.74, 6) is -1.34. The first-order chi connectivity index (χ1) is 13.8. The molecule has 0 bridgehead atoms. The third kappa shape index (κ3) is 5.08. The molecule has 0 spiro atoms. The van der Waals surface area contributed by atoms with Gasteiger partial charge in [0.1, 0.15) is 6.04 Å². The quantitative estimate of drug-likeness (QED) is 0.672. The fraction of sp³-hybridized carbons (Fsp3) is 0.263. The first kappa shape index (κ1) is 21.6. The summed E-state index contributed by atoms with van der Waals surface area (Å²) < 4.78 is 31.9. The molecular formula is C19H18Cl2N2O5S. The van der Waals surface area contributed by atoms with E-state index in [-0.39, 0.29) is 11.4 Å². The van der Waals surface area contributed by atoms with E-state index in [0.717, 1.165) is 4.31 Å². The number of nitrogens with zero attached hydrogens (tertiary/aromatic N) is 1. The number of ether oxygens (including phenoxy) is 1. The first-order valence-corrected chi connectivity index (χ1v) is 11.0. The summed E-state index contributed by atoms with van der Waals surface area (Å²) in [6.07, 6.45) is 0.830. The van der Waals surface area contributed by atoms with Crippen LogP contribution in [-0.2, 0) is 24.3 Å². The predicted molar refractivity (Wildman–Crippen MR) is 109 cm³/mol. The van der Waals surface area contributed by atoms with Gasteiger partial charge in [-0.15, -0.1) is 0 Å². The summed E-state index contributed by atoms with van der Waals surface area (Å²) in [7, 11) is -3.89. The third-order valence-electron chi connectivity index (χ3n) is 4.39. The maximum atomic E-state index is 12.9. The molecule has 1 aliphatic rings. The Bertz CT molecular complexity index is 1010. The largest absolute Gasteiger partial charge is 0.454 e. The van der Waals surface area contributed by atoms with Crippen LogP contribution in [0.4, 0.5) is 5.69 Å². The molecule has 2 aromatic rings. The summed E-state index contributed by atoms with van der Waals surface area (Å²) >= 11 is 11.8. The standard InChI is InChI=1S/C19H18Cl2N2O5S/c20-13-7-9-14(10-8-13)29(26,27)23-11-3-6-17(23)19(25)28-12-18(24)22-16-5-2-1-4-15(16)21/h1-2,4-5,7-10,17H,3,6,11-12H2,(H,22,24)/t17-/m0/s1. The number of rotatable bonds is 6. The van der Waals surface area contributed by atoms with Gasteiger partial charge in [-0.1, -0.05) is 35.3 Å². The fourth-order valence-electron chi connectivity index (χ4n) is 2.99. The van der Waals surface area contributed by atoms with Crippen molar-refractivity contribution in [1.82, 2.24) is 4.31 Å². The second-order valence-electron chi connectivity index (χ2n) is 6.36. The molecule has 1 fully saturated rings. The van der Waals surface area contributed by atoms with Crippen LogP contribution in [0.25, 0.3) is 0 Å². The number of para-hydroxylation sites is 1. The van der Waals surface area contributed by atoms with Gasteiger partial charge in [0.15, 0.2) is 6.61 Å². The minimum Gasteiger partial charge on any atom is -0.454 e. The van der Waals surface area contributed by atoms with Gasteiger partial charge in [-0.25, -0.2) is 8.42 Å². The SMILES string of the molecule is O=C(COC(=O)[C@@H]1CCCN1S(=O)(=O)c1ccc(Cl)cc1)Nc1ccccc1Cl. The highest BCUT2D eigenvalue weighted by molar-refractivity contribution is 7.89. The Morgan fingerprint density at radius 2 is 1.79 bits per heavy atom. The van der Waals surface area contributed by atoms with E-state index in [9.17, 15) is 18.0 Å². The highest BCUT2D eigenvalue weighted by Gasteiger charge is 2.40. The Morgan fingerprint density at radius 1 is 1.10 bits per heavy atom. The number of esters is 1. The van der Waals surface area contributed by atoms with E-state index in [0.29, 0.717) is 28.6 Å². The number of anilines is 1. The van der Waals surface area contributed by atoms with E-state index in [1.807, 2.05) is 0 Å². The van der Waals surface area contributed by atoms with E-state index in [2.05, 4.69) is 5.32 Å². The molecule has 1 saturated heterocycles. The average molecular weight is 457 g/mol. The second-order valence-corrected chi connectivity index (χ2v) is 9.10. The molecule has 3 rings (SSSR count). The van der Waals surface area contributed by atoms with Crippen molar-refractivity contribution in [2.24, 2.45) is 0 Å². The Balaban J connectivity index is 1.63. The van der Waals surface area contributed by atoms with Gasteiger partial charge < -0.3 is 10.1 Å². The summed E-state index contributed by atoms with van der Waals surface area (Å²) in [6, 6.07) is 11.4. The van der Waals surface area contributed by atoms with E-state index in [1.54, 1.807) is 24.3 Å². The number of amides is 1. The molecule has 7 nitrogen and oxygen atoms in total. The van der Waals surface area contributed by atoms with Crippen molar-refractivity contribution in [2.45, 2.75) is 23.8 Å². The lowest BCUT2D eigenvalue weighted by atomic mass is 10.2. The van der Waals surface area contributed by atoms with Crippen LogP contribution in [-0.4, -0.2) is 43.8 Å². The Kier molecular flexibility index (Phi) is 6.79. The van der Waals surface area contributed by atoms with Crippen molar-refractivity contribution in [3.63, 3.8) is 0 Å². The number of sulfonamides is 1. The van der Waals surface area contributed by atoms with E-state index >= 15 is 0 Å². The summed E-state index contributed by atoms with van der Waals surface area (Å²) in [5.41, 5.74) is 0.392. The van der Waals surface area contributed by atoms with E-state index < -0.39 is 34.5 Å². The average Bonchev–Trinajstić information content (AvgIpc) is 3.19. The van der Waals surface area contributed by atoms with Gasteiger partial charge in [0.2, 0.25) is 10.0 Å². The molecule has 1 atom stereocenters. The fourth-order valence-corrected chi connectivity index (χ4v) is 4.94. The van der Waals surface area contributed by atoms with Gasteiger partial charge in [-0.3, -0.25) is 9.59 Å². The van der Waals surface area contributed by atoms with Crippen LogP contribution >= 0.6 is 23.2 Å². The highest BCUT2D eigenvalue weighted by Crippen LogP contribution is 2.27. The van der Waals surface area contributed by atoms with Crippen molar-refractivity contribution >= 4 is 50.8 Å². The topological polar surface area (TPSA) is 92.8 Å². The number of carbonyl (C=O) groups is 2. The molecule has 0 aromatic heterocycles. The summed E-state index contributed by atoms with van der Waals surface area (Å²) in [4.78, 5) is 24.5. The zero-order chi connectivity index (χ0) is 21.0. The first-order valence-electron chi connectivity index (χ1n) is 8.77. The molecule has 2 aromatic carbocycles. The Hall–Kier alpha value is -2.13. The van der Waals surface area contributed by atoms with Gasteiger partial charge in [0, 0.05) is 11.6 Å². The monoisotopic (exact) mass is 456 g/mol. The molecule has 0 radical (unpaired) electrons. The van der Waals surface area contributed by atoms with Gasteiger partial charge in [-0.2, -0.15) is 4.31 Å². The Morgan fingerprint density at radius 3 is 2.48 bits per heavy atom. The summed E-state index contributed by atoms with van der Waals surface area (Å²) in [6.45, 7) is -0.355. The molecule has 1 heterocycles. The lowest BCUT2D eigenvalue weighted by Crippen LogP contribution is -2.42.